The van der Waals surface area contributed by atoms with Gasteiger partial charge in [0.1, 0.15) is 11.6 Å². The summed E-state index contributed by atoms with van der Waals surface area (Å²) >= 11 is 0. The number of aromatic nitrogens is 2. The van der Waals surface area contributed by atoms with E-state index in [4.69, 9.17) is 0 Å². The molecule has 0 saturated heterocycles. The highest BCUT2D eigenvalue weighted by Crippen LogP contribution is 2.36. The molecule has 5 rings (SSSR count). The van der Waals surface area contributed by atoms with Crippen molar-refractivity contribution < 1.29 is 4.79 Å². The lowest BCUT2D eigenvalue weighted by atomic mass is 10.2. The van der Waals surface area contributed by atoms with Crippen LogP contribution in [0.1, 0.15) is 11.1 Å². The third-order valence-electron chi connectivity index (χ3n) is 4.82. The molecular weight excluding hydrogens is 312 g/mol. The Morgan fingerprint density at radius 1 is 0.800 bits per heavy atom. The maximum absolute atomic E-state index is 12.4. The Bertz CT molecular complexity index is 967. The largest absolute Gasteiger partial charge is 0.326 e. The first-order valence-electron chi connectivity index (χ1n) is 8.39. The van der Waals surface area contributed by atoms with E-state index in [2.05, 4.69) is 20.9 Å². The Kier molecular flexibility index (Phi) is 3.06. The molecular formula is C20H16N4O. The fourth-order valence-electron chi connectivity index (χ4n) is 3.64. The van der Waals surface area contributed by atoms with Crippen LogP contribution in [0.15, 0.2) is 60.9 Å². The third kappa shape index (κ3) is 2.20. The second kappa shape index (κ2) is 5.41. The molecule has 0 spiro atoms. The van der Waals surface area contributed by atoms with E-state index in [9.17, 15) is 4.79 Å². The molecule has 122 valence electrons. The highest BCUT2D eigenvalue weighted by atomic mass is 16.2. The van der Waals surface area contributed by atoms with Crippen molar-refractivity contribution in [2.24, 2.45) is 0 Å². The first kappa shape index (κ1) is 14.2. The molecule has 0 N–H and O–H groups in total. The normalized spacial score (nSPS) is 15.4. The predicted molar refractivity (Wildman–Crippen MR) is 96.5 cm³/mol. The van der Waals surface area contributed by atoms with Crippen LogP contribution in [0.25, 0.3) is 0 Å². The number of pyridine rings is 2. The second-order valence-electron chi connectivity index (χ2n) is 6.30. The van der Waals surface area contributed by atoms with Crippen LogP contribution in [-0.2, 0) is 17.6 Å². The van der Waals surface area contributed by atoms with Gasteiger partial charge < -0.3 is 4.90 Å². The summed E-state index contributed by atoms with van der Waals surface area (Å²) in [7, 11) is 0. The molecule has 1 aromatic carbocycles. The number of hydrogen-bond donors (Lipinski definition) is 0. The molecule has 5 nitrogen and oxygen atoms in total. The second-order valence-corrected chi connectivity index (χ2v) is 6.30. The molecule has 0 atom stereocenters. The van der Waals surface area contributed by atoms with Crippen molar-refractivity contribution in [3.05, 3.63) is 72.1 Å². The predicted octanol–water partition coefficient (Wildman–Crippen LogP) is 3.39. The molecule has 0 fully saturated rings. The molecule has 0 radical (unpaired) electrons. The van der Waals surface area contributed by atoms with Gasteiger partial charge in [0.2, 0.25) is 5.91 Å². The number of hydrogen-bond acceptors (Lipinski definition) is 4. The highest BCUT2D eigenvalue weighted by molar-refractivity contribution is 6.06. The first-order valence-corrected chi connectivity index (χ1v) is 8.39. The molecule has 1 amide bonds. The van der Waals surface area contributed by atoms with Gasteiger partial charge in [-0.1, -0.05) is 12.1 Å². The lowest BCUT2D eigenvalue weighted by Gasteiger charge is -2.21. The van der Waals surface area contributed by atoms with E-state index in [1.807, 2.05) is 48.7 Å². The van der Waals surface area contributed by atoms with Crippen molar-refractivity contribution in [1.82, 2.24) is 9.97 Å². The molecule has 0 saturated carbocycles. The lowest BCUT2D eigenvalue weighted by Crippen LogP contribution is -2.21. The van der Waals surface area contributed by atoms with Crippen LogP contribution in [0.4, 0.5) is 23.0 Å². The van der Waals surface area contributed by atoms with Crippen molar-refractivity contribution in [3.63, 3.8) is 0 Å². The number of benzene rings is 1. The summed E-state index contributed by atoms with van der Waals surface area (Å²) in [4.78, 5) is 25.2. The van der Waals surface area contributed by atoms with E-state index in [-0.39, 0.29) is 5.91 Å². The standard InChI is InChI=1S/C20H16N4O/c25-18-13-15-4-2-11-22-20(15)24(18)17-7-5-16(6-8-17)23-12-9-14-3-1-10-21-19(14)23/h1-8,10-11H,9,12-13H2. The third-order valence-corrected chi connectivity index (χ3v) is 4.82. The van der Waals surface area contributed by atoms with Gasteiger partial charge in [-0.2, -0.15) is 0 Å². The van der Waals surface area contributed by atoms with E-state index in [0.29, 0.717) is 6.42 Å². The van der Waals surface area contributed by atoms with Crippen LogP contribution in [0.5, 0.6) is 0 Å². The van der Waals surface area contributed by atoms with Gasteiger partial charge in [-0.15, -0.1) is 0 Å². The molecule has 2 aliphatic heterocycles. The number of carbonyl (C=O) groups is 1. The van der Waals surface area contributed by atoms with Crippen LogP contribution in [0, 0.1) is 0 Å². The molecule has 5 heteroatoms. The van der Waals surface area contributed by atoms with E-state index in [1.165, 1.54) is 5.56 Å². The maximum Gasteiger partial charge on any atom is 0.237 e. The molecule has 2 aromatic heterocycles. The van der Waals surface area contributed by atoms with E-state index in [1.54, 1.807) is 11.1 Å². The molecule has 2 aliphatic rings. The summed E-state index contributed by atoms with van der Waals surface area (Å²) in [5.41, 5.74) is 4.20. The van der Waals surface area contributed by atoms with E-state index in [0.717, 1.165) is 41.5 Å². The van der Waals surface area contributed by atoms with Gasteiger partial charge in [0.25, 0.3) is 0 Å². The Labute approximate surface area is 145 Å². The monoisotopic (exact) mass is 328 g/mol. The Morgan fingerprint density at radius 2 is 1.48 bits per heavy atom. The lowest BCUT2D eigenvalue weighted by molar-refractivity contribution is -0.116. The SMILES string of the molecule is O=C1Cc2cccnc2N1c1ccc(N2CCc3cccnc32)cc1. The molecule has 0 unspecified atom stereocenters. The molecule has 4 heterocycles. The summed E-state index contributed by atoms with van der Waals surface area (Å²) in [5.74, 6) is 1.84. The minimum Gasteiger partial charge on any atom is -0.326 e. The zero-order valence-electron chi connectivity index (χ0n) is 13.6. The number of fused-ring (bicyclic) bond motifs is 2. The summed E-state index contributed by atoms with van der Waals surface area (Å²) in [6, 6.07) is 16.0. The van der Waals surface area contributed by atoms with E-state index >= 15 is 0 Å². The number of amides is 1. The van der Waals surface area contributed by atoms with Crippen LogP contribution in [0.3, 0.4) is 0 Å². The van der Waals surface area contributed by atoms with E-state index < -0.39 is 0 Å². The van der Waals surface area contributed by atoms with Crippen molar-refractivity contribution >= 4 is 28.9 Å². The van der Waals surface area contributed by atoms with Gasteiger partial charge in [0.05, 0.1) is 12.1 Å². The topological polar surface area (TPSA) is 49.3 Å². The fourth-order valence-corrected chi connectivity index (χ4v) is 3.64. The number of rotatable bonds is 2. The quantitative estimate of drug-likeness (QED) is 0.723. The zero-order chi connectivity index (χ0) is 16.8. The van der Waals surface area contributed by atoms with Gasteiger partial charge in [-0.25, -0.2) is 9.97 Å². The van der Waals surface area contributed by atoms with Crippen molar-refractivity contribution in [1.29, 1.82) is 0 Å². The summed E-state index contributed by atoms with van der Waals surface area (Å²) in [6.07, 6.45) is 4.98. The Hall–Kier alpha value is -3.21. The van der Waals surface area contributed by atoms with Crippen molar-refractivity contribution in [2.75, 3.05) is 16.3 Å². The van der Waals surface area contributed by atoms with Crippen LogP contribution < -0.4 is 9.80 Å². The van der Waals surface area contributed by atoms with Crippen LogP contribution in [-0.4, -0.2) is 22.4 Å². The smallest absolute Gasteiger partial charge is 0.237 e. The van der Waals surface area contributed by atoms with Gasteiger partial charge in [-0.3, -0.25) is 9.69 Å². The number of carbonyl (C=O) groups excluding carboxylic acids is 1. The van der Waals surface area contributed by atoms with Crippen LogP contribution >= 0.6 is 0 Å². The minimum atomic E-state index is 0.0645. The number of nitrogens with zero attached hydrogens (tertiary/aromatic N) is 4. The van der Waals surface area contributed by atoms with Crippen molar-refractivity contribution in [2.45, 2.75) is 12.8 Å². The van der Waals surface area contributed by atoms with Gasteiger partial charge in [-0.05, 0) is 48.4 Å². The van der Waals surface area contributed by atoms with Crippen LogP contribution in [0.2, 0.25) is 0 Å². The van der Waals surface area contributed by atoms with Gasteiger partial charge >= 0.3 is 0 Å². The molecule has 25 heavy (non-hydrogen) atoms. The first-order chi connectivity index (χ1) is 12.3. The Balaban J connectivity index is 1.48. The average molecular weight is 328 g/mol. The summed E-state index contributed by atoms with van der Waals surface area (Å²) in [6.45, 7) is 0.929. The molecule has 3 aromatic rings. The summed E-state index contributed by atoms with van der Waals surface area (Å²) < 4.78 is 0. The maximum atomic E-state index is 12.4. The van der Waals surface area contributed by atoms with Gasteiger partial charge in [0, 0.05) is 30.2 Å². The molecule has 0 bridgehead atoms. The zero-order valence-corrected chi connectivity index (χ0v) is 13.6. The summed E-state index contributed by atoms with van der Waals surface area (Å²) in [5, 5.41) is 0. The minimum absolute atomic E-state index is 0.0645. The van der Waals surface area contributed by atoms with Crippen molar-refractivity contribution in [3.8, 4) is 0 Å². The fraction of sp³-hybridized carbons (Fsp3) is 0.150. The molecule has 0 aliphatic carbocycles. The Morgan fingerprint density at radius 3 is 2.28 bits per heavy atom. The van der Waals surface area contributed by atoms with Gasteiger partial charge in [0.15, 0.2) is 0 Å². The average Bonchev–Trinajstić information content (AvgIpc) is 3.22. The highest BCUT2D eigenvalue weighted by Gasteiger charge is 2.30. The number of anilines is 4.